The number of likely N-dealkylation sites (N-methyl/N-ethyl adjacent to an activating group) is 1. The van der Waals surface area contributed by atoms with Gasteiger partial charge < -0.3 is 15.0 Å². The molecule has 0 unspecified atom stereocenters. The van der Waals surface area contributed by atoms with E-state index in [9.17, 15) is 4.79 Å². The Labute approximate surface area is 207 Å². The molecule has 1 saturated heterocycles. The lowest BCUT2D eigenvalue weighted by Gasteiger charge is -2.34. The van der Waals surface area contributed by atoms with E-state index in [1.165, 1.54) is 0 Å². The van der Waals surface area contributed by atoms with Gasteiger partial charge in [-0.15, -0.1) is 0 Å². The number of benzene rings is 2. The molecule has 8 heteroatoms. The van der Waals surface area contributed by atoms with E-state index in [0.29, 0.717) is 6.54 Å². The van der Waals surface area contributed by atoms with Crippen molar-refractivity contribution in [3.05, 3.63) is 48.4 Å². The zero-order valence-corrected chi connectivity index (χ0v) is 21.3. The topological polar surface area (TPSA) is 73.8 Å². The van der Waals surface area contributed by atoms with E-state index in [1.54, 1.807) is 13.3 Å². The molecule has 0 spiro atoms. The molecule has 3 aromatic rings. The molecule has 1 amide bonds. The summed E-state index contributed by atoms with van der Waals surface area (Å²) in [4.78, 5) is 29.0. The Hall–Kier alpha value is -3.07. The van der Waals surface area contributed by atoms with Crippen molar-refractivity contribution >= 4 is 22.4 Å². The second kappa shape index (κ2) is 11.6. The van der Waals surface area contributed by atoms with Crippen molar-refractivity contribution in [3.8, 4) is 17.0 Å². The molecule has 0 aliphatic carbocycles. The van der Waals surface area contributed by atoms with Gasteiger partial charge in [0, 0.05) is 68.5 Å². The lowest BCUT2D eigenvalue weighted by Crippen LogP contribution is -2.49. The summed E-state index contributed by atoms with van der Waals surface area (Å²) in [5.74, 6) is 1.54. The van der Waals surface area contributed by atoms with Gasteiger partial charge in [-0.25, -0.2) is 9.97 Å². The summed E-state index contributed by atoms with van der Waals surface area (Å²) in [5, 5.41) is 5.14. The predicted molar refractivity (Wildman–Crippen MR) is 141 cm³/mol. The third-order valence-corrected chi connectivity index (χ3v) is 6.45. The maximum absolute atomic E-state index is 13.1. The second-order valence-corrected chi connectivity index (χ2v) is 9.29. The maximum Gasteiger partial charge on any atom is 0.238 e. The SMILES string of the molecule is CCc1nccc(-c2cc(NC(=O)CN3CCN(CCN(C)C)CC3)c3cc(OC)ccc3c2)n1. The van der Waals surface area contributed by atoms with Crippen molar-refractivity contribution in [3.63, 3.8) is 0 Å². The van der Waals surface area contributed by atoms with Crippen LogP contribution in [0.3, 0.4) is 0 Å². The molecule has 8 nitrogen and oxygen atoms in total. The van der Waals surface area contributed by atoms with Crippen LogP contribution in [-0.4, -0.2) is 97.6 Å². The number of anilines is 1. The molecule has 2 aromatic carbocycles. The summed E-state index contributed by atoms with van der Waals surface area (Å²) in [5.41, 5.74) is 2.56. The van der Waals surface area contributed by atoms with Crippen LogP contribution in [-0.2, 0) is 11.2 Å². The number of methoxy groups -OCH3 is 1. The molecule has 0 bridgehead atoms. The molecule has 186 valence electrons. The van der Waals surface area contributed by atoms with Crippen molar-refractivity contribution in [1.82, 2.24) is 24.7 Å². The van der Waals surface area contributed by atoms with Gasteiger partial charge in [0.1, 0.15) is 11.6 Å². The van der Waals surface area contributed by atoms with E-state index in [2.05, 4.69) is 50.1 Å². The minimum absolute atomic E-state index is 0.00931. The number of amides is 1. The van der Waals surface area contributed by atoms with Crippen molar-refractivity contribution in [1.29, 1.82) is 0 Å². The number of nitrogens with one attached hydrogen (secondary N) is 1. The standard InChI is InChI=1S/C27H36N6O2/c1-5-26-28-9-8-24(29-26)21-16-20-6-7-22(35-4)18-23(20)25(17-21)30-27(34)19-33-14-12-32(13-15-33)11-10-31(2)3/h6-9,16-18H,5,10-15,19H2,1-4H3,(H,30,34). The van der Waals surface area contributed by atoms with Gasteiger partial charge in [-0.2, -0.15) is 0 Å². The molecule has 35 heavy (non-hydrogen) atoms. The lowest BCUT2D eigenvalue weighted by atomic mass is 10.0. The highest BCUT2D eigenvalue weighted by Gasteiger charge is 2.19. The third kappa shape index (κ3) is 6.54. The molecule has 1 aliphatic rings. The van der Waals surface area contributed by atoms with Crippen LogP contribution >= 0.6 is 0 Å². The van der Waals surface area contributed by atoms with Gasteiger partial charge in [0.2, 0.25) is 5.91 Å². The summed E-state index contributed by atoms with van der Waals surface area (Å²) < 4.78 is 5.44. The number of aromatic nitrogens is 2. The molecule has 2 heterocycles. The lowest BCUT2D eigenvalue weighted by molar-refractivity contribution is -0.117. The van der Waals surface area contributed by atoms with Gasteiger partial charge in [0.15, 0.2) is 0 Å². The molecule has 0 saturated carbocycles. The van der Waals surface area contributed by atoms with Gasteiger partial charge >= 0.3 is 0 Å². The highest BCUT2D eigenvalue weighted by molar-refractivity contribution is 6.05. The summed E-state index contributed by atoms with van der Waals surface area (Å²) in [6, 6.07) is 11.9. The first-order chi connectivity index (χ1) is 16.9. The Morgan fingerprint density at radius 2 is 1.86 bits per heavy atom. The first kappa shape index (κ1) is 25.0. The van der Waals surface area contributed by atoms with E-state index in [-0.39, 0.29) is 5.91 Å². The van der Waals surface area contributed by atoms with Crippen LogP contribution in [0.15, 0.2) is 42.6 Å². The van der Waals surface area contributed by atoms with E-state index in [4.69, 9.17) is 4.74 Å². The van der Waals surface area contributed by atoms with Gasteiger partial charge in [-0.1, -0.05) is 13.0 Å². The number of piperazine rings is 1. The molecule has 1 fully saturated rings. The van der Waals surface area contributed by atoms with Crippen molar-refractivity contribution in [2.24, 2.45) is 0 Å². The fraction of sp³-hybridized carbons (Fsp3) is 0.444. The zero-order chi connectivity index (χ0) is 24.8. The quantitative estimate of drug-likeness (QED) is 0.509. The smallest absolute Gasteiger partial charge is 0.238 e. The monoisotopic (exact) mass is 476 g/mol. The number of hydrogen-bond acceptors (Lipinski definition) is 7. The average molecular weight is 477 g/mol. The Morgan fingerprint density at radius 1 is 1.09 bits per heavy atom. The van der Waals surface area contributed by atoms with Crippen LogP contribution in [0, 0.1) is 0 Å². The fourth-order valence-electron chi connectivity index (χ4n) is 4.35. The van der Waals surface area contributed by atoms with E-state index < -0.39 is 0 Å². The highest BCUT2D eigenvalue weighted by Crippen LogP contribution is 2.33. The Balaban J connectivity index is 1.51. The number of nitrogens with zero attached hydrogens (tertiary/aromatic N) is 5. The number of aryl methyl sites for hydroxylation is 1. The number of carbonyl (C=O) groups is 1. The van der Waals surface area contributed by atoms with E-state index >= 15 is 0 Å². The van der Waals surface area contributed by atoms with Crippen LogP contribution in [0.25, 0.3) is 22.0 Å². The Kier molecular flexibility index (Phi) is 8.28. The highest BCUT2D eigenvalue weighted by atomic mass is 16.5. The Bertz CT molecular complexity index is 1160. The fourth-order valence-corrected chi connectivity index (χ4v) is 4.35. The van der Waals surface area contributed by atoms with Crippen molar-refractivity contribution in [2.75, 3.05) is 72.3 Å². The van der Waals surface area contributed by atoms with Crippen LogP contribution in [0.5, 0.6) is 5.75 Å². The molecule has 0 radical (unpaired) electrons. The summed E-state index contributed by atoms with van der Waals surface area (Å²) >= 11 is 0. The number of ether oxygens (including phenoxy) is 1. The average Bonchev–Trinajstić information content (AvgIpc) is 2.87. The molecule has 1 N–H and O–H groups in total. The number of hydrogen-bond donors (Lipinski definition) is 1. The van der Waals surface area contributed by atoms with Crippen LogP contribution in [0.4, 0.5) is 5.69 Å². The number of rotatable bonds is 9. The molecule has 1 aromatic heterocycles. The number of carbonyl (C=O) groups excluding carboxylic acids is 1. The number of fused-ring (bicyclic) bond motifs is 1. The van der Waals surface area contributed by atoms with Crippen LogP contribution in [0.1, 0.15) is 12.7 Å². The summed E-state index contributed by atoms with van der Waals surface area (Å²) in [7, 11) is 5.85. The molecular weight excluding hydrogens is 440 g/mol. The zero-order valence-electron chi connectivity index (χ0n) is 21.3. The van der Waals surface area contributed by atoms with E-state index in [0.717, 1.165) is 85.0 Å². The minimum atomic E-state index is -0.00931. The van der Waals surface area contributed by atoms with Gasteiger partial charge in [0.25, 0.3) is 0 Å². The first-order valence-corrected chi connectivity index (χ1v) is 12.3. The Morgan fingerprint density at radius 3 is 2.57 bits per heavy atom. The minimum Gasteiger partial charge on any atom is -0.497 e. The maximum atomic E-state index is 13.1. The van der Waals surface area contributed by atoms with Gasteiger partial charge in [0.05, 0.1) is 19.3 Å². The van der Waals surface area contributed by atoms with Crippen molar-refractivity contribution in [2.45, 2.75) is 13.3 Å². The summed E-state index contributed by atoms with van der Waals surface area (Å²) in [6.45, 7) is 8.32. The van der Waals surface area contributed by atoms with Gasteiger partial charge in [-0.3, -0.25) is 14.6 Å². The molecule has 0 atom stereocenters. The molecular formula is C27H36N6O2. The molecule has 1 aliphatic heterocycles. The summed E-state index contributed by atoms with van der Waals surface area (Å²) in [6.07, 6.45) is 2.56. The normalized spacial score (nSPS) is 15.0. The first-order valence-electron chi connectivity index (χ1n) is 12.3. The van der Waals surface area contributed by atoms with Crippen molar-refractivity contribution < 1.29 is 9.53 Å². The molecule has 4 rings (SSSR count). The largest absolute Gasteiger partial charge is 0.497 e. The third-order valence-electron chi connectivity index (χ3n) is 6.45. The van der Waals surface area contributed by atoms with Crippen LogP contribution < -0.4 is 10.1 Å². The van der Waals surface area contributed by atoms with Crippen LogP contribution in [0.2, 0.25) is 0 Å². The second-order valence-electron chi connectivity index (χ2n) is 9.29. The van der Waals surface area contributed by atoms with E-state index in [1.807, 2.05) is 37.3 Å². The van der Waals surface area contributed by atoms with Gasteiger partial charge in [-0.05, 0) is 49.8 Å². The predicted octanol–water partition coefficient (Wildman–Crippen LogP) is 2.99.